The number of nitrogens with zero attached hydrogens (tertiary/aromatic N) is 4. The fourth-order valence-electron chi connectivity index (χ4n) is 8.59. The maximum atomic E-state index is 5.63. The second-order valence-electron chi connectivity index (χ2n) is 14.6. The molecule has 1 N–H and O–H groups in total. The Balaban J connectivity index is 1.19. The van der Waals surface area contributed by atoms with E-state index >= 15 is 0 Å². The first-order valence-electron chi connectivity index (χ1n) is 19.0. The summed E-state index contributed by atoms with van der Waals surface area (Å²) < 4.78 is 0. The molecule has 2 aromatic heterocycles. The predicted octanol–water partition coefficient (Wildman–Crippen LogP) is 10.6. The van der Waals surface area contributed by atoms with E-state index < -0.39 is 0 Å². The van der Waals surface area contributed by atoms with Gasteiger partial charge in [-0.15, -0.1) is 19.7 Å². The molecular formula is C47H51N5. The van der Waals surface area contributed by atoms with Crippen molar-refractivity contribution in [2.45, 2.75) is 87.9 Å². The summed E-state index contributed by atoms with van der Waals surface area (Å²) in [6, 6.07) is 25.8. The van der Waals surface area contributed by atoms with Crippen LogP contribution in [0.1, 0.15) is 92.6 Å². The minimum atomic E-state index is -0.0992. The molecule has 0 saturated heterocycles. The molecule has 1 saturated carbocycles. The number of benzene rings is 2. The summed E-state index contributed by atoms with van der Waals surface area (Å²) >= 11 is 0. The van der Waals surface area contributed by atoms with Crippen LogP contribution in [0.4, 0.5) is 0 Å². The number of allylic oxidation sites excluding steroid dienone is 3. The van der Waals surface area contributed by atoms with Crippen LogP contribution in [0.5, 0.6) is 0 Å². The summed E-state index contributed by atoms with van der Waals surface area (Å²) in [6.45, 7) is 17.0. The van der Waals surface area contributed by atoms with Gasteiger partial charge in [-0.25, -0.2) is 0 Å². The highest BCUT2D eigenvalue weighted by Gasteiger charge is 2.60. The lowest BCUT2D eigenvalue weighted by Gasteiger charge is -2.37. The minimum Gasteiger partial charge on any atom is -0.299 e. The average molecular weight is 686 g/mol. The predicted molar refractivity (Wildman–Crippen MR) is 218 cm³/mol. The largest absolute Gasteiger partial charge is 0.299 e. The lowest BCUT2D eigenvalue weighted by Crippen LogP contribution is -2.43. The Labute approximate surface area is 309 Å². The second-order valence-corrected chi connectivity index (χ2v) is 14.6. The standard InChI is InChI=1S/C47H51N5/c1-6-17-36(50-32(5)43-24-13-14-27-48-43)29-33(8-3)37-25-26-39(46-38(37)22-16-28-49-46)42(9-4)51-44(18-7-2)45-30-40(34-19-11-10-12-20-34)41-23-15-21-35-31-47(35,41)52-45/h6,8-16,19-28,33,35-36,40,42,44,51H,1,3-4,7,17-18,29-31H2,2,5H3/b50-32+. The Morgan fingerprint density at radius 2 is 1.77 bits per heavy atom. The van der Waals surface area contributed by atoms with Gasteiger partial charge in [0.1, 0.15) is 0 Å². The summed E-state index contributed by atoms with van der Waals surface area (Å²) in [6.07, 6.45) is 22.4. The van der Waals surface area contributed by atoms with Crippen molar-refractivity contribution >= 4 is 22.3 Å². The van der Waals surface area contributed by atoms with E-state index in [4.69, 9.17) is 15.0 Å². The molecule has 2 aromatic carbocycles. The molecule has 4 aromatic rings. The molecule has 5 heteroatoms. The van der Waals surface area contributed by atoms with Crippen LogP contribution in [-0.2, 0) is 0 Å². The normalized spacial score (nSPS) is 22.9. The van der Waals surface area contributed by atoms with Crippen LogP contribution >= 0.6 is 0 Å². The van der Waals surface area contributed by atoms with Crippen molar-refractivity contribution in [2.75, 3.05) is 0 Å². The SMILES string of the molecule is C=CCC(CC(C=C)c1ccc(C(C=C)NC(CCC)C2=NC34CC3C=CC=C4C(c3ccccc3)C2)c2ncccc12)/N=C(\C)c1ccccn1. The Morgan fingerprint density at radius 3 is 2.52 bits per heavy atom. The van der Waals surface area contributed by atoms with Crippen LogP contribution in [0.2, 0.25) is 0 Å². The van der Waals surface area contributed by atoms with Gasteiger partial charge in [0.15, 0.2) is 0 Å². The number of nitrogens with one attached hydrogen (secondary N) is 1. The van der Waals surface area contributed by atoms with Crippen LogP contribution in [-0.4, -0.2) is 39.0 Å². The van der Waals surface area contributed by atoms with Gasteiger partial charge >= 0.3 is 0 Å². The molecule has 1 aliphatic heterocycles. The van der Waals surface area contributed by atoms with Gasteiger partial charge in [-0.05, 0) is 79.5 Å². The van der Waals surface area contributed by atoms with Crippen molar-refractivity contribution in [1.29, 1.82) is 0 Å². The molecule has 7 unspecified atom stereocenters. The van der Waals surface area contributed by atoms with Gasteiger partial charge in [-0.2, -0.15) is 0 Å². The Kier molecular flexibility index (Phi) is 10.7. The second kappa shape index (κ2) is 15.7. The fraction of sp³-hybridized carbons (Fsp3) is 0.319. The third-order valence-corrected chi connectivity index (χ3v) is 11.3. The zero-order chi connectivity index (χ0) is 36.1. The van der Waals surface area contributed by atoms with E-state index in [0.29, 0.717) is 11.8 Å². The average Bonchev–Trinajstić information content (AvgIpc) is 3.91. The van der Waals surface area contributed by atoms with Gasteiger partial charge in [0.05, 0.1) is 34.5 Å². The molecular weight excluding hydrogens is 635 g/mol. The molecule has 5 nitrogen and oxygen atoms in total. The summed E-state index contributed by atoms with van der Waals surface area (Å²) in [5.74, 6) is 0.922. The molecule has 0 bridgehead atoms. The summed E-state index contributed by atoms with van der Waals surface area (Å²) in [4.78, 5) is 20.3. The maximum absolute atomic E-state index is 5.63. The van der Waals surface area contributed by atoms with Crippen molar-refractivity contribution in [2.24, 2.45) is 15.9 Å². The first-order valence-corrected chi connectivity index (χ1v) is 19.0. The Morgan fingerprint density at radius 1 is 0.962 bits per heavy atom. The van der Waals surface area contributed by atoms with Gasteiger partial charge in [-0.1, -0.05) is 104 Å². The zero-order valence-electron chi connectivity index (χ0n) is 30.7. The number of rotatable bonds is 16. The Hall–Kier alpha value is -5.00. The molecule has 3 aliphatic rings. The molecule has 7 rings (SSSR count). The number of fused-ring (bicyclic) bond motifs is 1. The van der Waals surface area contributed by atoms with Gasteiger partial charge in [-0.3, -0.25) is 25.3 Å². The van der Waals surface area contributed by atoms with Crippen LogP contribution in [0.3, 0.4) is 0 Å². The molecule has 3 heterocycles. The molecule has 7 atom stereocenters. The van der Waals surface area contributed by atoms with Crippen LogP contribution in [0.15, 0.2) is 157 Å². The first kappa shape index (κ1) is 35.4. The molecule has 2 aliphatic carbocycles. The van der Waals surface area contributed by atoms with Crippen LogP contribution in [0, 0.1) is 5.92 Å². The first-order chi connectivity index (χ1) is 25.5. The van der Waals surface area contributed by atoms with Crippen molar-refractivity contribution in [3.63, 3.8) is 0 Å². The van der Waals surface area contributed by atoms with Gasteiger partial charge in [0.25, 0.3) is 0 Å². The number of hydrogen-bond donors (Lipinski definition) is 1. The highest BCUT2D eigenvalue weighted by Crippen LogP contribution is 2.61. The van der Waals surface area contributed by atoms with Crippen molar-refractivity contribution in [3.05, 3.63) is 169 Å². The quantitative estimate of drug-likeness (QED) is 0.0943. The number of aliphatic imine (C=N–C) groups is 2. The molecule has 1 spiro atoms. The zero-order valence-corrected chi connectivity index (χ0v) is 30.7. The fourth-order valence-corrected chi connectivity index (χ4v) is 8.59. The highest BCUT2D eigenvalue weighted by molar-refractivity contribution is 5.97. The van der Waals surface area contributed by atoms with Crippen molar-refractivity contribution in [3.8, 4) is 0 Å². The van der Waals surface area contributed by atoms with Gasteiger partial charge in [0.2, 0.25) is 0 Å². The highest BCUT2D eigenvalue weighted by atomic mass is 15.0. The number of aromatic nitrogens is 2. The van der Waals surface area contributed by atoms with Crippen molar-refractivity contribution < 1.29 is 0 Å². The summed E-state index contributed by atoms with van der Waals surface area (Å²) in [5.41, 5.74) is 9.23. The molecule has 52 heavy (non-hydrogen) atoms. The van der Waals surface area contributed by atoms with Crippen molar-refractivity contribution in [1.82, 2.24) is 15.3 Å². The number of pyridine rings is 2. The van der Waals surface area contributed by atoms with Gasteiger partial charge in [0, 0.05) is 47.3 Å². The number of hydrogen-bond acceptors (Lipinski definition) is 5. The van der Waals surface area contributed by atoms with E-state index in [9.17, 15) is 0 Å². The smallest absolute Gasteiger partial charge is 0.0895 e. The maximum Gasteiger partial charge on any atom is 0.0895 e. The van der Waals surface area contributed by atoms with E-state index in [-0.39, 0.29) is 29.6 Å². The minimum absolute atomic E-state index is 0.0443. The van der Waals surface area contributed by atoms with Crippen LogP contribution < -0.4 is 5.32 Å². The lowest BCUT2D eigenvalue weighted by atomic mass is 9.75. The summed E-state index contributed by atoms with van der Waals surface area (Å²) in [5, 5.41) is 5.19. The van der Waals surface area contributed by atoms with E-state index in [1.807, 2.05) is 55.7 Å². The van der Waals surface area contributed by atoms with Gasteiger partial charge < -0.3 is 0 Å². The summed E-state index contributed by atoms with van der Waals surface area (Å²) in [7, 11) is 0. The Bertz CT molecular complexity index is 2040. The van der Waals surface area contributed by atoms with E-state index in [0.717, 1.165) is 66.4 Å². The third kappa shape index (κ3) is 7.07. The molecule has 264 valence electrons. The lowest BCUT2D eigenvalue weighted by molar-refractivity contribution is 0.508. The monoisotopic (exact) mass is 685 g/mol. The molecule has 1 fully saturated rings. The molecule has 0 radical (unpaired) electrons. The van der Waals surface area contributed by atoms with E-state index in [1.54, 1.807) is 0 Å². The van der Waals surface area contributed by atoms with E-state index in [1.165, 1.54) is 22.4 Å². The molecule has 0 amide bonds. The topological polar surface area (TPSA) is 62.5 Å². The third-order valence-electron chi connectivity index (χ3n) is 11.3. The van der Waals surface area contributed by atoms with Crippen LogP contribution in [0.25, 0.3) is 10.9 Å². The van der Waals surface area contributed by atoms with E-state index in [2.05, 4.69) is 110 Å².